The Bertz CT molecular complexity index is 826. The zero-order valence-electron chi connectivity index (χ0n) is 16.2. The largest absolute Gasteiger partial charge is 0.371 e. The van der Waals surface area contributed by atoms with Gasteiger partial charge >= 0.3 is 0 Å². The zero-order valence-corrected chi connectivity index (χ0v) is 17.0. The van der Waals surface area contributed by atoms with Gasteiger partial charge in [0.1, 0.15) is 0 Å². The van der Waals surface area contributed by atoms with Crippen molar-refractivity contribution in [2.45, 2.75) is 48.8 Å². The van der Waals surface area contributed by atoms with E-state index < -0.39 is 0 Å². The van der Waals surface area contributed by atoms with Crippen LogP contribution in [0.2, 0.25) is 0 Å². The van der Waals surface area contributed by atoms with Gasteiger partial charge in [0.2, 0.25) is 0 Å². The van der Waals surface area contributed by atoms with Crippen LogP contribution < -0.4 is 15.1 Å². The number of benzene rings is 2. The number of hydrogen-bond donors (Lipinski definition) is 1. The maximum atomic E-state index is 3.74. The van der Waals surface area contributed by atoms with E-state index in [1.807, 2.05) is 11.8 Å². The van der Waals surface area contributed by atoms with Crippen molar-refractivity contribution in [3.05, 3.63) is 36.4 Å². The maximum absolute atomic E-state index is 3.74. The lowest BCUT2D eigenvalue weighted by molar-refractivity contribution is 0.373. The van der Waals surface area contributed by atoms with E-state index in [9.17, 15) is 0 Å². The van der Waals surface area contributed by atoms with Crippen LogP contribution >= 0.6 is 11.8 Å². The summed E-state index contributed by atoms with van der Waals surface area (Å²) in [5.41, 5.74) is 5.27. The van der Waals surface area contributed by atoms with Crippen molar-refractivity contribution in [1.29, 1.82) is 0 Å². The number of hydrogen-bond acceptors (Lipinski definition) is 4. The van der Waals surface area contributed by atoms with Crippen molar-refractivity contribution in [3.8, 4) is 0 Å². The Hall–Kier alpha value is -1.81. The lowest BCUT2D eigenvalue weighted by Crippen LogP contribution is -2.34. The van der Waals surface area contributed by atoms with E-state index in [4.69, 9.17) is 0 Å². The highest BCUT2D eigenvalue weighted by atomic mass is 32.2. The molecule has 0 saturated carbocycles. The van der Waals surface area contributed by atoms with Crippen LogP contribution in [-0.4, -0.2) is 26.2 Å². The predicted molar refractivity (Wildman–Crippen MR) is 117 cm³/mol. The van der Waals surface area contributed by atoms with Gasteiger partial charge in [-0.1, -0.05) is 18.7 Å². The monoisotopic (exact) mass is 379 g/mol. The molecular formula is C23H29N3S. The van der Waals surface area contributed by atoms with Gasteiger partial charge in [0.15, 0.2) is 0 Å². The third-order valence-electron chi connectivity index (χ3n) is 6.29. The number of rotatable bonds is 2. The molecular weight excluding hydrogens is 350 g/mol. The van der Waals surface area contributed by atoms with Crippen LogP contribution in [0.5, 0.6) is 0 Å². The molecule has 0 amide bonds. The minimum atomic E-state index is 0.899. The molecule has 27 heavy (non-hydrogen) atoms. The van der Waals surface area contributed by atoms with Crippen LogP contribution in [0.1, 0.15) is 39.0 Å². The highest BCUT2D eigenvalue weighted by molar-refractivity contribution is 7.99. The van der Waals surface area contributed by atoms with Gasteiger partial charge in [0, 0.05) is 47.3 Å². The highest BCUT2D eigenvalue weighted by Gasteiger charge is 2.23. The summed E-state index contributed by atoms with van der Waals surface area (Å²) in [4.78, 5) is 7.84. The molecule has 0 aromatic heterocycles. The molecule has 142 valence electrons. The summed E-state index contributed by atoms with van der Waals surface area (Å²) in [7, 11) is 0. The van der Waals surface area contributed by atoms with Gasteiger partial charge in [-0.3, -0.25) is 0 Å². The fraction of sp³-hybridized carbons (Fsp3) is 0.478. The lowest BCUT2D eigenvalue weighted by Gasteiger charge is -2.34. The summed E-state index contributed by atoms with van der Waals surface area (Å²) in [5.74, 6) is 0.899. The minimum absolute atomic E-state index is 0.899. The molecule has 4 heterocycles. The second kappa shape index (κ2) is 7.31. The Kier molecular flexibility index (Phi) is 4.68. The third kappa shape index (κ3) is 3.40. The minimum Gasteiger partial charge on any atom is -0.371 e. The quantitative estimate of drug-likeness (QED) is 0.578. The molecule has 4 aliphatic heterocycles. The Morgan fingerprint density at radius 1 is 0.926 bits per heavy atom. The molecule has 1 saturated heterocycles. The molecule has 6 bridgehead atoms. The van der Waals surface area contributed by atoms with Crippen LogP contribution in [0, 0.1) is 5.92 Å². The molecule has 6 rings (SSSR count). The van der Waals surface area contributed by atoms with Gasteiger partial charge in [-0.2, -0.15) is 0 Å². The molecule has 0 unspecified atom stereocenters. The van der Waals surface area contributed by atoms with Crippen LogP contribution in [0.3, 0.4) is 0 Å². The summed E-state index contributed by atoms with van der Waals surface area (Å²) in [6.45, 7) is 7.02. The smallest absolute Gasteiger partial charge is 0.0547 e. The Morgan fingerprint density at radius 2 is 1.63 bits per heavy atom. The molecule has 1 N–H and O–H groups in total. The summed E-state index contributed by atoms with van der Waals surface area (Å²) in [6, 6.07) is 14.0. The molecule has 0 spiro atoms. The van der Waals surface area contributed by atoms with Crippen LogP contribution in [0.4, 0.5) is 22.7 Å². The second-order valence-corrected chi connectivity index (χ2v) is 9.23. The van der Waals surface area contributed by atoms with Gasteiger partial charge in [-0.25, -0.2) is 0 Å². The van der Waals surface area contributed by atoms with E-state index >= 15 is 0 Å². The van der Waals surface area contributed by atoms with Gasteiger partial charge in [0.25, 0.3) is 0 Å². The first-order chi connectivity index (χ1) is 13.3. The standard InChI is InChI=1S/C23H29N3S/c1-2-11-25-12-3-4-17-9-13-26(14-10-17)19-6-8-23-21(16-19)24-20-15-18(25)5-7-22(20)27-23/h5-8,15-17,24H,2-4,9-14H2,1H3. The van der Waals surface area contributed by atoms with E-state index in [2.05, 4.69) is 58.4 Å². The molecule has 4 heteroatoms. The molecule has 0 atom stereocenters. The van der Waals surface area contributed by atoms with Crippen LogP contribution in [-0.2, 0) is 0 Å². The molecule has 0 aliphatic carbocycles. The topological polar surface area (TPSA) is 18.5 Å². The molecule has 3 nitrogen and oxygen atoms in total. The van der Waals surface area contributed by atoms with Gasteiger partial charge < -0.3 is 15.1 Å². The number of fused-ring (bicyclic) bond motifs is 5. The highest BCUT2D eigenvalue weighted by Crippen LogP contribution is 2.46. The number of anilines is 4. The molecule has 1 fully saturated rings. The van der Waals surface area contributed by atoms with E-state index in [0.717, 1.165) is 12.5 Å². The van der Waals surface area contributed by atoms with E-state index in [0.29, 0.717) is 0 Å². The molecule has 2 aromatic rings. The van der Waals surface area contributed by atoms with Crippen molar-refractivity contribution in [2.75, 3.05) is 41.3 Å². The summed E-state index contributed by atoms with van der Waals surface area (Å²) in [5, 5.41) is 3.74. The van der Waals surface area contributed by atoms with Crippen LogP contribution in [0.25, 0.3) is 0 Å². The number of piperidine rings is 1. The summed E-state index contributed by atoms with van der Waals surface area (Å²) < 4.78 is 0. The Labute approximate surface area is 167 Å². The average Bonchev–Trinajstić information content (AvgIpc) is 2.71. The van der Waals surface area contributed by atoms with E-state index in [-0.39, 0.29) is 0 Å². The third-order valence-corrected chi connectivity index (χ3v) is 7.45. The normalized spacial score (nSPS) is 19.1. The van der Waals surface area contributed by atoms with Crippen molar-refractivity contribution in [3.63, 3.8) is 0 Å². The summed E-state index contributed by atoms with van der Waals surface area (Å²) in [6.07, 6.45) is 6.55. The average molecular weight is 380 g/mol. The Morgan fingerprint density at radius 3 is 2.37 bits per heavy atom. The van der Waals surface area contributed by atoms with Crippen molar-refractivity contribution in [2.24, 2.45) is 5.92 Å². The van der Waals surface area contributed by atoms with Gasteiger partial charge in [-0.15, -0.1) is 0 Å². The maximum Gasteiger partial charge on any atom is 0.0547 e. The molecule has 4 aliphatic rings. The fourth-order valence-electron chi connectivity index (χ4n) is 4.76. The first kappa shape index (κ1) is 17.3. The zero-order chi connectivity index (χ0) is 18.2. The number of nitrogens with zero attached hydrogens (tertiary/aromatic N) is 2. The van der Waals surface area contributed by atoms with Crippen molar-refractivity contribution < 1.29 is 0 Å². The second-order valence-electron chi connectivity index (χ2n) is 8.15. The summed E-state index contributed by atoms with van der Waals surface area (Å²) >= 11 is 1.89. The fourth-order valence-corrected chi connectivity index (χ4v) is 5.71. The van der Waals surface area contributed by atoms with E-state index in [1.165, 1.54) is 84.3 Å². The van der Waals surface area contributed by atoms with Gasteiger partial charge in [-0.05, 0) is 74.4 Å². The predicted octanol–water partition coefficient (Wildman–Crippen LogP) is 6.12. The molecule has 2 aromatic carbocycles. The first-order valence-electron chi connectivity index (χ1n) is 10.5. The molecule has 0 radical (unpaired) electrons. The van der Waals surface area contributed by atoms with Gasteiger partial charge in [0.05, 0.1) is 11.4 Å². The van der Waals surface area contributed by atoms with Crippen molar-refractivity contribution in [1.82, 2.24) is 0 Å². The van der Waals surface area contributed by atoms with Crippen LogP contribution in [0.15, 0.2) is 46.2 Å². The Balaban J connectivity index is 1.54. The van der Waals surface area contributed by atoms with Crippen molar-refractivity contribution >= 4 is 34.5 Å². The van der Waals surface area contributed by atoms with E-state index in [1.54, 1.807) is 0 Å². The first-order valence-corrected chi connectivity index (χ1v) is 11.3. The number of nitrogens with one attached hydrogen (secondary N) is 1. The SMILES string of the molecule is CCCN1CCCC2CCN(CC2)c2ccc3c(c2)Nc2cc1ccc2S3. The lowest BCUT2D eigenvalue weighted by atomic mass is 9.91.